The van der Waals surface area contributed by atoms with E-state index < -0.39 is 0 Å². The third-order valence-electron chi connectivity index (χ3n) is 4.62. The van der Waals surface area contributed by atoms with Crippen LogP contribution in [0.2, 0.25) is 0 Å². The zero-order chi connectivity index (χ0) is 13.4. The van der Waals surface area contributed by atoms with Crippen molar-refractivity contribution in [3.8, 4) is 0 Å². The van der Waals surface area contributed by atoms with E-state index in [1.54, 1.807) is 0 Å². The Morgan fingerprint density at radius 2 is 1.95 bits per heavy atom. The van der Waals surface area contributed by atoms with Crippen molar-refractivity contribution in [3.63, 3.8) is 0 Å². The third kappa shape index (κ3) is 2.66. The monoisotopic (exact) mass is 258 g/mol. The quantitative estimate of drug-likeness (QED) is 0.899. The van der Waals surface area contributed by atoms with Crippen molar-refractivity contribution in [2.45, 2.75) is 32.4 Å². The van der Waals surface area contributed by atoms with Crippen molar-refractivity contribution < 1.29 is 4.79 Å². The molecule has 2 atom stereocenters. The van der Waals surface area contributed by atoms with Gasteiger partial charge in [-0.25, -0.2) is 0 Å². The number of nitrogens with zero attached hydrogens (tertiary/aromatic N) is 1. The van der Waals surface area contributed by atoms with E-state index in [9.17, 15) is 4.79 Å². The second kappa shape index (κ2) is 4.97. The van der Waals surface area contributed by atoms with Crippen LogP contribution in [0.25, 0.3) is 0 Å². The summed E-state index contributed by atoms with van der Waals surface area (Å²) in [5.74, 6) is 2.34. The highest BCUT2D eigenvalue weighted by atomic mass is 16.2. The lowest BCUT2D eigenvalue weighted by atomic mass is 10.0. The molecule has 0 radical (unpaired) electrons. The number of nitrogens with two attached hydrogens (primary N) is 1. The second-order valence-electron chi connectivity index (χ2n) is 6.14. The molecule has 2 unspecified atom stereocenters. The summed E-state index contributed by atoms with van der Waals surface area (Å²) in [6, 6.07) is 8.20. The fourth-order valence-electron chi connectivity index (χ4n) is 3.43. The number of benzene rings is 1. The third-order valence-corrected chi connectivity index (χ3v) is 4.62. The van der Waals surface area contributed by atoms with Gasteiger partial charge in [-0.3, -0.25) is 4.79 Å². The van der Waals surface area contributed by atoms with Crippen molar-refractivity contribution in [2.75, 3.05) is 7.05 Å². The molecule has 2 N–H and O–H groups in total. The molecule has 3 nitrogen and oxygen atoms in total. The van der Waals surface area contributed by atoms with Gasteiger partial charge in [-0.2, -0.15) is 0 Å². The van der Waals surface area contributed by atoms with Crippen LogP contribution in [0.5, 0.6) is 0 Å². The van der Waals surface area contributed by atoms with Crippen LogP contribution in [-0.2, 0) is 17.9 Å². The first-order valence-electron chi connectivity index (χ1n) is 7.20. The van der Waals surface area contributed by atoms with E-state index in [0.717, 1.165) is 30.2 Å². The zero-order valence-electron chi connectivity index (χ0n) is 11.5. The summed E-state index contributed by atoms with van der Waals surface area (Å²) < 4.78 is 0. The van der Waals surface area contributed by atoms with E-state index >= 15 is 0 Å². The lowest BCUT2D eigenvalue weighted by Gasteiger charge is -2.22. The van der Waals surface area contributed by atoms with Crippen molar-refractivity contribution in [2.24, 2.45) is 23.5 Å². The van der Waals surface area contributed by atoms with Crippen LogP contribution >= 0.6 is 0 Å². The van der Waals surface area contributed by atoms with Gasteiger partial charge in [0.2, 0.25) is 5.91 Å². The van der Waals surface area contributed by atoms with Gasteiger partial charge in [-0.05, 0) is 42.2 Å². The first kappa shape index (κ1) is 12.7. The van der Waals surface area contributed by atoms with Crippen molar-refractivity contribution in [1.82, 2.24) is 4.90 Å². The zero-order valence-corrected chi connectivity index (χ0v) is 11.5. The van der Waals surface area contributed by atoms with Crippen LogP contribution in [0.3, 0.4) is 0 Å². The number of hydrogen-bond donors (Lipinski definition) is 1. The molecule has 0 aromatic heterocycles. The Bertz CT molecular complexity index is 475. The lowest BCUT2D eigenvalue weighted by molar-refractivity contribution is -0.134. The molecule has 2 aliphatic rings. The Morgan fingerprint density at radius 3 is 2.63 bits per heavy atom. The first-order chi connectivity index (χ1) is 9.17. The Labute approximate surface area is 114 Å². The van der Waals surface area contributed by atoms with E-state index in [1.807, 2.05) is 24.1 Å². The highest BCUT2D eigenvalue weighted by Gasteiger charge is 2.48. The Kier molecular flexibility index (Phi) is 3.31. The average Bonchev–Trinajstić information content (AvgIpc) is 3.04. The van der Waals surface area contributed by atoms with Crippen molar-refractivity contribution in [1.29, 1.82) is 0 Å². The second-order valence-corrected chi connectivity index (χ2v) is 6.14. The Morgan fingerprint density at radius 1 is 1.26 bits per heavy atom. The summed E-state index contributed by atoms with van der Waals surface area (Å²) in [5, 5.41) is 0. The smallest absolute Gasteiger partial charge is 0.225 e. The fourth-order valence-corrected chi connectivity index (χ4v) is 3.43. The average molecular weight is 258 g/mol. The molecule has 102 valence electrons. The molecule has 2 aliphatic carbocycles. The largest absolute Gasteiger partial charge is 0.341 e. The SMILES string of the molecule is CN(Cc1cccc(CN)c1)C(=O)C1CC2CC2C1. The van der Waals surface area contributed by atoms with Gasteiger partial charge in [0.05, 0.1) is 0 Å². The molecule has 0 spiro atoms. The van der Waals surface area contributed by atoms with Crippen LogP contribution in [0.4, 0.5) is 0 Å². The highest BCUT2D eigenvalue weighted by molar-refractivity contribution is 5.79. The molecule has 0 aliphatic heterocycles. The van der Waals surface area contributed by atoms with Crippen LogP contribution in [0.1, 0.15) is 30.4 Å². The molecule has 3 rings (SSSR count). The molecule has 3 heteroatoms. The van der Waals surface area contributed by atoms with E-state index in [1.165, 1.54) is 12.0 Å². The number of hydrogen-bond acceptors (Lipinski definition) is 2. The maximum absolute atomic E-state index is 12.4. The summed E-state index contributed by atoms with van der Waals surface area (Å²) in [4.78, 5) is 14.3. The van der Waals surface area contributed by atoms with Crippen molar-refractivity contribution >= 4 is 5.91 Å². The van der Waals surface area contributed by atoms with Gasteiger partial charge in [0.25, 0.3) is 0 Å². The summed E-state index contributed by atoms with van der Waals surface area (Å²) in [5.41, 5.74) is 7.94. The number of carbonyl (C=O) groups excluding carboxylic acids is 1. The number of fused-ring (bicyclic) bond motifs is 1. The maximum atomic E-state index is 12.4. The van der Waals surface area contributed by atoms with Crippen LogP contribution in [-0.4, -0.2) is 17.9 Å². The van der Waals surface area contributed by atoms with Crippen LogP contribution in [0, 0.1) is 17.8 Å². The van der Waals surface area contributed by atoms with Gasteiger partial charge in [0.1, 0.15) is 0 Å². The minimum atomic E-state index is 0.284. The molecular weight excluding hydrogens is 236 g/mol. The van der Waals surface area contributed by atoms with Gasteiger partial charge < -0.3 is 10.6 Å². The molecule has 0 bridgehead atoms. The maximum Gasteiger partial charge on any atom is 0.225 e. The molecule has 1 aromatic carbocycles. The molecule has 0 heterocycles. The van der Waals surface area contributed by atoms with Gasteiger partial charge in [-0.15, -0.1) is 0 Å². The van der Waals surface area contributed by atoms with Gasteiger partial charge in [-0.1, -0.05) is 24.3 Å². The molecule has 0 saturated heterocycles. The minimum absolute atomic E-state index is 0.284. The molecule has 1 aromatic rings. The van der Waals surface area contributed by atoms with Crippen LogP contribution < -0.4 is 5.73 Å². The van der Waals surface area contributed by atoms with E-state index in [0.29, 0.717) is 19.0 Å². The fraction of sp³-hybridized carbons (Fsp3) is 0.562. The first-order valence-corrected chi connectivity index (χ1v) is 7.20. The summed E-state index contributed by atoms with van der Waals surface area (Å²) in [7, 11) is 1.92. The topological polar surface area (TPSA) is 46.3 Å². The predicted octanol–water partition coefficient (Wildman–Crippen LogP) is 2.15. The van der Waals surface area contributed by atoms with Crippen molar-refractivity contribution in [3.05, 3.63) is 35.4 Å². The summed E-state index contributed by atoms with van der Waals surface area (Å²) in [6.07, 6.45) is 3.61. The number of amides is 1. The standard InChI is InChI=1S/C16H22N2O/c1-18(10-12-4-2-3-11(5-12)9-17)16(19)15-7-13-6-14(13)8-15/h2-5,13-15H,6-10,17H2,1H3. The molecule has 2 saturated carbocycles. The minimum Gasteiger partial charge on any atom is -0.341 e. The summed E-state index contributed by atoms with van der Waals surface area (Å²) in [6.45, 7) is 1.25. The normalized spacial score (nSPS) is 28.0. The Balaban J connectivity index is 1.60. The Hall–Kier alpha value is -1.35. The highest BCUT2D eigenvalue weighted by Crippen LogP contribution is 2.54. The lowest BCUT2D eigenvalue weighted by Crippen LogP contribution is -2.32. The predicted molar refractivity (Wildman–Crippen MR) is 75.1 cm³/mol. The van der Waals surface area contributed by atoms with E-state index in [-0.39, 0.29) is 5.92 Å². The van der Waals surface area contributed by atoms with Crippen LogP contribution in [0.15, 0.2) is 24.3 Å². The molecule has 1 amide bonds. The number of carbonyl (C=O) groups is 1. The van der Waals surface area contributed by atoms with E-state index in [2.05, 4.69) is 12.1 Å². The van der Waals surface area contributed by atoms with Gasteiger partial charge in [0.15, 0.2) is 0 Å². The number of rotatable bonds is 4. The van der Waals surface area contributed by atoms with E-state index in [4.69, 9.17) is 5.73 Å². The van der Waals surface area contributed by atoms with Gasteiger partial charge in [0, 0.05) is 26.1 Å². The molecule has 2 fully saturated rings. The molecular formula is C16H22N2O. The van der Waals surface area contributed by atoms with Gasteiger partial charge >= 0.3 is 0 Å². The summed E-state index contributed by atoms with van der Waals surface area (Å²) >= 11 is 0. The molecule has 19 heavy (non-hydrogen) atoms.